The van der Waals surface area contributed by atoms with Crippen molar-refractivity contribution in [3.63, 3.8) is 0 Å². The first-order valence-electron chi connectivity index (χ1n) is 14.7. The number of alkyl carbamates (subject to hydrolysis) is 1. The Labute approximate surface area is 260 Å². The standard InChI is InChI=1S/C32H35N3O10/c36-30(33-20-6-1-2-7-23-41-32(38)45-28-12-10-24(11-13-28)35(39)40)43-29-18-21-34(22-19-29)31(37)44-27-16-14-26(15-17-27)42-25-8-4-3-5-9-25/h3-5,8-17,29H,1-2,6-7,18-23H2,(H,33,36). The van der Waals surface area contributed by atoms with E-state index in [9.17, 15) is 24.5 Å². The highest BCUT2D eigenvalue weighted by molar-refractivity contribution is 5.71. The molecule has 238 valence electrons. The summed E-state index contributed by atoms with van der Waals surface area (Å²) in [4.78, 5) is 48.2. The Kier molecular flexibility index (Phi) is 12.4. The molecule has 4 rings (SSSR count). The van der Waals surface area contributed by atoms with Gasteiger partial charge in [0.15, 0.2) is 0 Å². The van der Waals surface area contributed by atoms with Crippen molar-refractivity contribution in [3.8, 4) is 23.0 Å². The molecule has 0 bridgehead atoms. The summed E-state index contributed by atoms with van der Waals surface area (Å²) in [7, 11) is 0. The first-order chi connectivity index (χ1) is 21.9. The molecule has 0 radical (unpaired) electrons. The Morgan fingerprint density at radius 3 is 2.07 bits per heavy atom. The predicted molar refractivity (Wildman–Crippen MR) is 162 cm³/mol. The number of non-ortho nitro benzene ring substituents is 1. The zero-order valence-electron chi connectivity index (χ0n) is 24.6. The number of benzene rings is 3. The largest absolute Gasteiger partial charge is 0.513 e. The summed E-state index contributed by atoms with van der Waals surface area (Å²) >= 11 is 0. The average molecular weight is 622 g/mol. The number of hydrogen-bond donors (Lipinski definition) is 1. The molecular weight excluding hydrogens is 586 g/mol. The third kappa shape index (κ3) is 11.4. The van der Waals surface area contributed by atoms with E-state index >= 15 is 0 Å². The van der Waals surface area contributed by atoms with Gasteiger partial charge in [0.05, 0.1) is 11.5 Å². The molecule has 1 aliphatic heterocycles. The lowest BCUT2D eigenvalue weighted by atomic mass is 10.1. The van der Waals surface area contributed by atoms with E-state index in [0.717, 1.165) is 19.3 Å². The quantitative estimate of drug-likeness (QED) is 0.0704. The highest BCUT2D eigenvalue weighted by Crippen LogP contribution is 2.24. The molecule has 3 aromatic carbocycles. The number of nitrogens with one attached hydrogen (secondary N) is 1. The molecule has 45 heavy (non-hydrogen) atoms. The van der Waals surface area contributed by atoms with Crippen LogP contribution < -0.4 is 19.5 Å². The molecular formula is C32H35N3O10. The van der Waals surface area contributed by atoms with Crippen molar-refractivity contribution >= 4 is 24.0 Å². The minimum Gasteiger partial charge on any atom is -0.457 e. The van der Waals surface area contributed by atoms with Gasteiger partial charge in [-0.25, -0.2) is 14.4 Å². The van der Waals surface area contributed by atoms with Crippen LogP contribution >= 0.6 is 0 Å². The molecule has 13 heteroatoms. The van der Waals surface area contributed by atoms with Crippen LogP contribution in [0.1, 0.15) is 38.5 Å². The Morgan fingerprint density at radius 1 is 0.778 bits per heavy atom. The Bertz CT molecular complexity index is 1390. The van der Waals surface area contributed by atoms with Gasteiger partial charge in [0.25, 0.3) is 5.69 Å². The van der Waals surface area contributed by atoms with E-state index in [4.69, 9.17) is 23.7 Å². The fraction of sp³-hybridized carbons (Fsp3) is 0.344. The van der Waals surface area contributed by atoms with Gasteiger partial charge in [-0.2, -0.15) is 0 Å². The zero-order chi connectivity index (χ0) is 31.9. The number of piperidine rings is 1. The number of para-hydroxylation sites is 1. The summed E-state index contributed by atoms with van der Waals surface area (Å²) in [6.07, 6.45) is 1.85. The van der Waals surface area contributed by atoms with Gasteiger partial charge >= 0.3 is 18.3 Å². The smallest absolute Gasteiger partial charge is 0.457 e. The van der Waals surface area contributed by atoms with Crippen LogP contribution in [0.5, 0.6) is 23.0 Å². The second kappa shape index (κ2) is 17.1. The monoisotopic (exact) mass is 621 g/mol. The van der Waals surface area contributed by atoms with Gasteiger partial charge in [0.2, 0.25) is 0 Å². The fourth-order valence-electron chi connectivity index (χ4n) is 4.40. The molecule has 0 spiro atoms. The highest BCUT2D eigenvalue weighted by atomic mass is 16.7. The second-order valence-corrected chi connectivity index (χ2v) is 10.1. The number of rotatable bonds is 13. The van der Waals surface area contributed by atoms with Gasteiger partial charge in [-0.15, -0.1) is 0 Å². The number of ether oxygens (including phenoxy) is 5. The van der Waals surface area contributed by atoms with Crippen molar-refractivity contribution < 1.29 is 43.0 Å². The van der Waals surface area contributed by atoms with Crippen LogP contribution in [0.25, 0.3) is 0 Å². The maximum Gasteiger partial charge on any atom is 0.513 e. The van der Waals surface area contributed by atoms with Crippen molar-refractivity contribution in [3.05, 3.63) is 89.0 Å². The van der Waals surface area contributed by atoms with Gasteiger partial charge < -0.3 is 33.9 Å². The summed E-state index contributed by atoms with van der Waals surface area (Å²) in [5, 5.41) is 13.4. The molecule has 2 amide bonds. The van der Waals surface area contributed by atoms with E-state index in [1.165, 1.54) is 24.3 Å². The summed E-state index contributed by atoms with van der Waals surface area (Å²) < 4.78 is 26.7. The van der Waals surface area contributed by atoms with Crippen LogP contribution in [0.2, 0.25) is 0 Å². The number of nitro groups is 1. The summed E-state index contributed by atoms with van der Waals surface area (Å²) in [5.74, 6) is 1.91. The van der Waals surface area contributed by atoms with E-state index in [2.05, 4.69) is 5.32 Å². The maximum absolute atomic E-state index is 12.6. The minimum absolute atomic E-state index is 0.104. The fourth-order valence-corrected chi connectivity index (χ4v) is 4.40. The van der Waals surface area contributed by atoms with Crippen LogP contribution in [0.4, 0.5) is 20.1 Å². The molecule has 1 heterocycles. The molecule has 1 aliphatic rings. The highest BCUT2D eigenvalue weighted by Gasteiger charge is 2.26. The van der Waals surface area contributed by atoms with E-state index in [1.54, 1.807) is 29.2 Å². The maximum atomic E-state index is 12.6. The molecule has 1 fully saturated rings. The number of amides is 2. The van der Waals surface area contributed by atoms with Crippen molar-refractivity contribution in [1.82, 2.24) is 10.2 Å². The lowest BCUT2D eigenvalue weighted by molar-refractivity contribution is -0.384. The number of nitro benzene ring substituents is 1. The number of hydrogen-bond acceptors (Lipinski definition) is 10. The van der Waals surface area contributed by atoms with E-state index in [-0.39, 0.29) is 24.1 Å². The zero-order valence-corrected chi connectivity index (χ0v) is 24.6. The number of carbonyl (C=O) groups is 3. The topological polar surface area (TPSA) is 156 Å². The van der Waals surface area contributed by atoms with E-state index in [1.807, 2.05) is 30.3 Å². The molecule has 1 N–H and O–H groups in total. The Hall–Kier alpha value is -5.33. The third-order valence-electron chi connectivity index (χ3n) is 6.79. The van der Waals surface area contributed by atoms with Gasteiger partial charge in [-0.3, -0.25) is 10.1 Å². The third-order valence-corrected chi connectivity index (χ3v) is 6.79. The Morgan fingerprint density at radius 2 is 1.38 bits per heavy atom. The number of carbonyl (C=O) groups excluding carboxylic acids is 3. The van der Waals surface area contributed by atoms with Gasteiger partial charge in [0.1, 0.15) is 29.1 Å². The molecule has 3 aromatic rings. The van der Waals surface area contributed by atoms with Crippen LogP contribution in [0.3, 0.4) is 0 Å². The molecule has 1 saturated heterocycles. The SMILES string of the molecule is O=C(NCCCCCCOC(=O)Oc1ccc([N+](=O)[O-])cc1)OC1CCN(C(=O)Oc2ccc(Oc3ccccc3)cc2)CC1. The molecule has 0 aliphatic carbocycles. The number of likely N-dealkylation sites (tertiary alicyclic amines) is 1. The molecule has 0 unspecified atom stereocenters. The van der Waals surface area contributed by atoms with Gasteiger partial charge in [-0.05, 0) is 67.8 Å². The number of nitrogens with zero attached hydrogens (tertiary/aromatic N) is 2. The first kappa shape index (κ1) is 32.6. The van der Waals surface area contributed by atoms with Crippen molar-refractivity contribution in [2.45, 2.75) is 44.6 Å². The van der Waals surface area contributed by atoms with Crippen LogP contribution in [-0.2, 0) is 9.47 Å². The van der Waals surface area contributed by atoms with Crippen LogP contribution in [0, 0.1) is 10.1 Å². The van der Waals surface area contributed by atoms with Crippen molar-refractivity contribution in [2.24, 2.45) is 0 Å². The molecule has 13 nitrogen and oxygen atoms in total. The molecule has 0 aromatic heterocycles. The first-order valence-corrected chi connectivity index (χ1v) is 14.7. The normalized spacial score (nSPS) is 12.9. The van der Waals surface area contributed by atoms with Gasteiger partial charge in [0, 0.05) is 44.6 Å². The van der Waals surface area contributed by atoms with E-state index < -0.39 is 23.3 Å². The average Bonchev–Trinajstić information content (AvgIpc) is 3.04. The summed E-state index contributed by atoms with van der Waals surface area (Å²) in [5.41, 5.74) is -0.104. The second-order valence-electron chi connectivity index (χ2n) is 10.1. The molecule has 0 saturated carbocycles. The lowest BCUT2D eigenvalue weighted by Gasteiger charge is -2.30. The van der Waals surface area contributed by atoms with E-state index in [0.29, 0.717) is 56.1 Å². The molecule has 0 atom stereocenters. The minimum atomic E-state index is -0.879. The van der Waals surface area contributed by atoms with Crippen LogP contribution in [-0.4, -0.2) is 60.5 Å². The lowest BCUT2D eigenvalue weighted by Crippen LogP contribution is -2.43. The number of unbranched alkanes of at least 4 members (excludes halogenated alkanes) is 3. The summed E-state index contributed by atoms with van der Waals surface area (Å²) in [6.45, 7) is 1.44. The summed E-state index contributed by atoms with van der Waals surface area (Å²) in [6, 6.07) is 21.3. The Balaban J connectivity index is 1.00. The van der Waals surface area contributed by atoms with Gasteiger partial charge in [-0.1, -0.05) is 24.6 Å². The van der Waals surface area contributed by atoms with Crippen molar-refractivity contribution in [1.29, 1.82) is 0 Å². The van der Waals surface area contributed by atoms with Crippen LogP contribution in [0.15, 0.2) is 78.9 Å². The predicted octanol–water partition coefficient (Wildman–Crippen LogP) is 6.85. The van der Waals surface area contributed by atoms with Crippen molar-refractivity contribution in [2.75, 3.05) is 26.2 Å².